The fraction of sp³-hybridized carbons (Fsp3) is 0.125. The zero-order valence-electron chi connectivity index (χ0n) is 12.9. The molecule has 0 aliphatic carbocycles. The van der Waals surface area contributed by atoms with Gasteiger partial charge in [-0.3, -0.25) is 10.1 Å². The lowest BCUT2D eigenvalue weighted by molar-refractivity contribution is 0.102. The Labute approximate surface area is 155 Å². The molecule has 0 fully saturated rings. The number of amides is 1. The Kier molecular flexibility index (Phi) is 5.17. The normalized spacial score (nSPS) is 11.1. The van der Waals surface area contributed by atoms with E-state index in [1.807, 2.05) is 44.2 Å². The lowest BCUT2D eigenvalue weighted by Crippen LogP contribution is -2.12. The third-order valence-corrected chi connectivity index (χ3v) is 5.32. The van der Waals surface area contributed by atoms with Gasteiger partial charge in [0, 0.05) is 16.7 Å². The van der Waals surface area contributed by atoms with Crippen LogP contribution in [0.15, 0.2) is 39.1 Å². The number of carbonyl (C=O) groups excluding carboxylic acids is 1. The Hall–Kier alpha value is -1.90. The van der Waals surface area contributed by atoms with Crippen LogP contribution in [0, 0.1) is 13.8 Å². The van der Waals surface area contributed by atoms with E-state index in [9.17, 15) is 4.79 Å². The molecular weight excluding hydrogens is 408 g/mol. The molecule has 0 bridgehead atoms. The van der Waals surface area contributed by atoms with Crippen LogP contribution in [0.25, 0.3) is 0 Å². The molecular formula is C16H13BrN4OS2. The van der Waals surface area contributed by atoms with E-state index in [-0.39, 0.29) is 5.91 Å². The van der Waals surface area contributed by atoms with Gasteiger partial charge in [-0.25, -0.2) is 4.99 Å². The largest absolute Gasteiger partial charge is 0.296 e. The molecule has 8 heteroatoms. The molecule has 5 nitrogen and oxygen atoms in total. The summed E-state index contributed by atoms with van der Waals surface area (Å²) in [5, 5.41) is 11.6. The van der Waals surface area contributed by atoms with Crippen molar-refractivity contribution in [2.75, 3.05) is 5.32 Å². The lowest BCUT2D eigenvalue weighted by atomic mass is 10.1. The van der Waals surface area contributed by atoms with Gasteiger partial charge in [-0.15, -0.1) is 21.5 Å². The SMILES string of the molecule is Cc1cc(C)cc(C(=O)Nc2nnc(N=Cc3ccc(Br)s3)s2)c1. The Balaban J connectivity index is 1.69. The van der Waals surface area contributed by atoms with E-state index in [1.165, 1.54) is 11.3 Å². The van der Waals surface area contributed by atoms with Gasteiger partial charge in [-0.2, -0.15) is 0 Å². The summed E-state index contributed by atoms with van der Waals surface area (Å²) < 4.78 is 1.04. The van der Waals surface area contributed by atoms with Crippen molar-refractivity contribution in [2.45, 2.75) is 13.8 Å². The molecule has 3 rings (SSSR count). The number of carbonyl (C=O) groups is 1. The van der Waals surface area contributed by atoms with E-state index in [1.54, 1.807) is 17.6 Å². The van der Waals surface area contributed by atoms with Crippen molar-refractivity contribution >= 4 is 61.0 Å². The molecule has 0 unspecified atom stereocenters. The molecule has 1 aromatic carbocycles. The van der Waals surface area contributed by atoms with Crippen molar-refractivity contribution in [3.8, 4) is 0 Å². The van der Waals surface area contributed by atoms with Crippen LogP contribution in [0.2, 0.25) is 0 Å². The number of nitrogens with one attached hydrogen (secondary N) is 1. The highest BCUT2D eigenvalue weighted by molar-refractivity contribution is 9.11. The summed E-state index contributed by atoms with van der Waals surface area (Å²) in [5.74, 6) is -0.198. The van der Waals surface area contributed by atoms with Crippen LogP contribution < -0.4 is 5.32 Å². The maximum atomic E-state index is 12.3. The quantitative estimate of drug-likeness (QED) is 0.604. The molecule has 0 spiro atoms. The first-order valence-corrected chi connectivity index (χ1v) is 9.45. The predicted molar refractivity (Wildman–Crippen MR) is 103 cm³/mol. The van der Waals surface area contributed by atoms with E-state index in [2.05, 4.69) is 36.4 Å². The molecule has 1 N–H and O–H groups in total. The minimum Gasteiger partial charge on any atom is -0.296 e. The van der Waals surface area contributed by atoms with Crippen LogP contribution in [-0.4, -0.2) is 22.3 Å². The molecule has 24 heavy (non-hydrogen) atoms. The van der Waals surface area contributed by atoms with Gasteiger partial charge in [0.05, 0.1) is 3.79 Å². The van der Waals surface area contributed by atoms with E-state index >= 15 is 0 Å². The molecule has 0 radical (unpaired) electrons. The van der Waals surface area contributed by atoms with Gasteiger partial charge in [-0.1, -0.05) is 28.5 Å². The number of aryl methyl sites for hydroxylation is 2. The van der Waals surface area contributed by atoms with Gasteiger partial charge in [0.25, 0.3) is 5.91 Å². The first-order chi connectivity index (χ1) is 11.5. The fourth-order valence-corrected chi connectivity index (χ4v) is 3.99. The molecule has 0 saturated carbocycles. The molecule has 1 amide bonds. The average Bonchev–Trinajstić information content (AvgIpc) is 3.13. The summed E-state index contributed by atoms with van der Waals surface area (Å²) >= 11 is 6.22. The summed E-state index contributed by atoms with van der Waals surface area (Å²) in [6, 6.07) is 9.63. The van der Waals surface area contributed by atoms with Crippen molar-refractivity contribution in [3.63, 3.8) is 0 Å². The van der Waals surface area contributed by atoms with Crippen LogP contribution in [-0.2, 0) is 0 Å². The molecule has 0 atom stereocenters. The second kappa shape index (κ2) is 7.33. The first kappa shape index (κ1) is 16.9. The van der Waals surface area contributed by atoms with Gasteiger partial charge in [0.15, 0.2) is 0 Å². The summed E-state index contributed by atoms with van der Waals surface area (Å²) in [6.07, 6.45) is 1.73. The number of anilines is 1. The van der Waals surface area contributed by atoms with Crippen LogP contribution in [0.5, 0.6) is 0 Å². The van der Waals surface area contributed by atoms with Crippen molar-refractivity contribution in [3.05, 3.63) is 55.7 Å². The van der Waals surface area contributed by atoms with E-state index in [4.69, 9.17) is 0 Å². The molecule has 0 aliphatic heterocycles. The maximum absolute atomic E-state index is 12.3. The van der Waals surface area contributed by atoms with Crippen molar-refractivity contribution < 1.29 is 4.79 Å². The fourth-order valence-electron chi connectivity index (χ4n) is 2.11. The number of thiophene rings is 1. The van der Waals surface area contributed by atoms with Crippen LogP contribution in [0.3, 0.4) is 0 Å². The third kappa shape index (κ3) is 4.34. The van der Waals surface area contributed by atoms with E-state index in [0.717, 1.165) is 19.8 Å². The minimum absolute atomic E-state index is 0.198. The highest BCUT2D eigenvalue weighted by Gasteiger charge is 2.10. The number of aromatic nitrogens is 2. The van der Waals surface area contributed by atoms with E-state index in [0.29, 0.717) is 15.8 Å². The van der Waals surface area contributed by atoms with Crippen molar-refractivity contribution in [1.29, 1.82) is 0 Å². The molecule has 2 aromatic heterocycles. The summed E-state index contributed by atoms with van der Waals surface area (Å²) in [5.41, 5.74) is 2.70. The van der Waals surface area contributed by atoms with Crippen molar-refractivity contribution in [2.24, 2.45) is 4.99 Å². The summed E-state index contributed by atoms with van der Waals surface area (Å²) in [7, 11) is 0. The van der Waals surface area contributed by atoms with Crippen LogP contribution in [0.4, 0.5) is 10.3 Å². The van der Waals surface area contributed by atoms with E-state index < -0.39 is 0 Å². The highest BCUT2D eigenvalue weighted by atomic mass is 79.9. The number of aliphatic imine (C=N–C) groups is 1. The van der Waals surface area contributed by atoms with Crippen molar-refractivity contribution in [1.82, 2.24) is 10.2 Å². The summed E-state index contributed by atoms with van der Waals surface area (Å²) in [4.78, 5) is 17.6. The van der Waals surface area contributed by atoms with Gasteiger partial charge in [0.2, 0.25) is 10.3 Å². The molecule has 2 heterocycles. The standard InChI is InChI=1S/C16H13BrN4OS2/c1-9-5-10(2)7-11(6-9)14(22)19-16-21-20-15(24-16)18-8-12-3-4-13(17)23-12/h3-8H,1-2H3,(H,19,21,22). The topological polar surface area (TPSA) is 67.2 Å². The molecule has 122 valence electrons. The lowest BCUT2D eigenvalue weighted by Gasteiger charge is -2.04. The third-order valence-electron chi connectivity index (χ3n) is 3.01. The Bertz CT molecular complexity index is 896. The first-order valence-electron chi connectivity index (χ1n) is 7.02. The minimum atomic E-state index is -0.198. The number of nitrogens with zero attached hydrogens (tertiary/aromatic N) is 3. The average molecular weight is 421 g/mol. The maximum Gasteiger partial charge on any atom is 0.257 e. The van der Waals surface area contributed by atoms with Gasteiger partial charge in [0.1, 0.15) is 0 Å². The number of rotatable bonds is 4. The number of hydrogen-bond donors (Lipinski definition) is 1. The van der Waals surface area contributed by atoms with Gasteiger partial charge < -0.3 is 0 Å². The second-order valence-corrected chi connectivity index (χ2v) is 8.57. The Morgan fingerprint density at radius 1 is 1.17 bits per heavy atom. The zero-order chi connectivity index (χ0) is 17.1. The van der Waals surface area contributed by atoms with Gasteiger partial charge in [-0.05, 0) is 54.0 Å². The monoisotopic (exact) mass is 420 g/mol. The van der Waals surface area contributed by atoms with Crippen LogP contribution in [0.1, 0.15) is 26.4 Å². The van der Waals surface area contributed by atoms with Gasteiger partial charge >= 0.3 is 0 Å². The highest BCUT2D eigenvalue weighted by Crippen LogP contribution is 2.25. The Morgan fingerprint density at radius 2 is 1.92 bits per heavy atom. The number of benzene rings is 1. The molecule has 3 aromatic rings. The summed E-state index contributed by atoms with van der Waals surface area (Å²) in [6.45, 7) is 3.93. The number of hydrogen-bond acceptors (Lipinski definition) is 6. The Morgan fingerprint density at radius 3 is 2.58 bits per heavy atom. The predicted octanol–water partition coefficient (Wildman–Crippen LogP) is 4.98. The van der Waals surface area contributed by atoms with Crippen LogP contribution >= 0.6 is 38.6 Å². The second-order valence-electron chi connectivity index (χ2n) is 5.12. The zero-order valence-corrected chi connectivity index (χ0v) is 16.1. The molecule has 0 aliphatic rings. The number of halogens is 1. The smallest absolute Gasteiger partial charge is 0.257 e. The molecule has 0 saturated heterocycles.